The number of pyridine rings is 1. The van der Waals surface area contributed by atoms with Gasteiger partial charge in [-0.25, -0.2) is 9.59 Å². The Balaban J connectivity index is 3.11. The SMILES string of the molecule is COc1c(Br)cc(Cl)cc1-c1c(C(=O)O)c(N)[nH]c(=O)c1C(=O)O. The number of H-pyrrole nitrogens is 1. The van der Waals surface area contributed by atoms with Crippen molar-refractivity contribution in [2.24, 2.45) is 0 Å². The van der Waals surface area contributed by atoms with Gasteiger partial charge in [0, 0.05) is 16.1 Å². The van der Waals surface area contributed by atoms with Crippen LogP contribution in [-0.4, -0.2) is 34.2 Å². The Bertz CT molecular complexity index is 924. The molecule has 0 aliphatic carbocycles. The highest BCUT2D eigenvalue weighted by Gasteiger charge is 2.29. The van der Waals surface area contributed by atoms with Crippen molar-refractivity contribution in [1.29, 1.82) is 0 Å². The zero-order chi connectivity index (χ0) is 18.2. The number of hydrogen-bond donors (Lipinski definition) is 4. The molecule has 126 valence electrons. The molecular weight excluding hydrogens is 408 g/mol. The third kappa shape index (κ3) is 2.95. The summed E-state index contributed by atoms with van der Waals surface area (Å²) in [5.41, 5.74) is 2.80. The number of nitrogen functional groups attached to an aromatic ring is 1. The van der Waals surface area contributed by atoms with Crippen molar-refractivity contribution in [3.8, 4) is 16.9 Å². The van der Waals surface area contributed by atoms with Gasteiger partial charge in [0.1, 0.15) is 22.7 Å². The molecule has 5 N–H and O–H groups in total. The Kier molecular flexibility index (Phi) is 4.86. The number of methoxy groups -OCH3 is 1. The van der Waals surface area contributed by atoms with Crippen molar-refractivity contribution in [1.82, 2.24) is 4.98 Å². The lowest BCUT2D eigenvalue weighted by atomic mass is 9.94. The van der Waals surface area contributed by atoms with Crippen LogP contribution in [0.25, 0.3) is 11.1 Å². The van der Waals surface area contributed by atoms with Crippen molar-refractivity contribution in [2.75, 3.05) is 12.8 Å². The van der Waals surface area contributed by atoms with E-state index in [0.29, 0.717) is 4.47 Å². The molecule has 24 heavy (non-hydrogen) atoms. The fourth-order valence-electron chi connectivity index (χ4n) is 2.27. The largest absolute Gasteiger partial charge is 0.495 e. The van der Waals surface area contributed by atoms with Crippen LogP contribution in [0, 0.1) is 0 Å². The van der Waals surface area contributed by atoms with Crippen molar-refractivity contribution in [3.63, 3.8) is 0 Å². The first-order valence-corrected chi connectivity index (χ1v) is 7.41. The zero-order valence-electron chi connectivity index (χ0n) is 12.0. The number of rotatable bonds is 4. The first-order chi connectivity index (χ1) is 11.2. The van der Waals surface area contributed by atoms with Crippen LogP contribution in [0.3, 0.4) is 0 Å². The van der Waals surface area contributed by atoms with E-state index in [9.17, 15) is 24.6 Å². The molecule has 0 unspecified atom stereocenters. The summed E-state index contributed by atoms with van der Waals surface area (Å²) in [7, 11) is 1.30. The second kappa shape index (κ2) is 6.54. The van der Waals surface area contributed by atoms with E-state index in [1.807, 2.05) is 4.98 Å². The predicted molar refractivity (Wildman–Crippen MR) is 90.1 cm³/mol. The second-order valence-electron chi connectivity index (χ2n) is 4.57. The molecule has 0 saturated heterocycles. The highest BCUT2D eigenvalue weighted by molar-refractivity contribution is 9.10. The summed E-state index contributed by atoms with van der Waals surface area (Å²) in [6.45, 7) is 0. The van der Waals surface area contributed by atoms with E-state index >= 15 is 0 Å². The number of carboxylic acids is 2. The molecule has 1 aromatic heterocycles. The molecule has 0 atom stereocenters. The lowest BCUT2D eigenvalue weighted by molar-refractivity contribution is 0.0695. The summed E-state index contributed by atoms with van der Waals surface area (Å²) < 4.78 is 5.54. The molecule has 0 spiro atoms. The number of aromatic amines is 1. The average molecular weight is 418 g/mol. The minimum Gasteiger partial charge on any atom is -0.495 e. The standard InChI is InChI=1S/C14H10BrClN2O6/c1-24-10-5(2-4(16)3-6(10)15)7-8(13(20)21)11(17)18-12(19)9(7)14(22)23/h2-3H,1H3,(H,20,21)(H,22,23)(H3,17,18,19). The third-order valence-corrected chi connectivity index (χ3v) is 3.96. The Labute approximate surface area is 148 Å². The van der Waals surface area contributed by atoms with E-state index in [0.717, 1.165) is 0 Å². The minimum atomic E-state index is -1.62. The fourth-order valence-corrected chi connectivity index (χ4v) is 3.24. The van der Waals surface area contributed by atoms with Crippen LogP contribution in [0.4, 0.5) is 5.82 Å². The molecule has 2 rings (SSSR count). The molecular formula is C14H10BrClN2O6. The third-order valence-electron chi connectivity index (χ3n) is 3.15. The molecule has 0 radical (unpaired) electrons. The number of carboxylic acid groups (broad SMARTS) is 2. The number of aromatic carboxylic acids is 2. The average Bonchev–Trinajstić information content (AvgIpc) is 2.44. The lowest BCUT2D eigenvalue weighted by Gasteiger charge is -2.16. The van der Waals surface area contributed by atoms with Crippen molar-refractivity contribution < 1.29 is 24.5 Å². The summed E-state index contributed by atoms with van der Waals surface area (Å²) in [5, 5.41) is 19.0. The molecule has 0 saturated carbocycles. The van der Waals surface area contributed by atoms with E-state index < -0.39 is 40.0 Å². The van der Waals surface area contributed by atoms with Crippen molar-refractivity contribution in [2.45, 2.75) is 0 Å². The number of carbonyl (C=O) groups is 2. The molecule has 8 nitrogen and oxygen atoms in total. The molecule has 0 bridgehead atoms. The smallest absolute Gasteiger partial charge is 0.342 e. The lowest BCUT2D eigenvalue weighted by Crippen LogP contribution is -2.24. The predicted octanol–water partition coefficient (Wildman–Crippen LogP) is 2.45. The van der Waals surface area contributed by atoms with Gasteiger partial charge in [-0.2, -0.15) is 0 Å². The van der Waals surface area contributed by atoms with Crippen LogP contribution in [0.15, 0.2) is 21.4 Å². The van der Waals surface area contributed by atoms with Crippen LogP contribution >= 0.6 is 27.5 Å². The van der Waals surface area contributed by atoms with E-state index in [1.165, 1.54) is 19.2 Å². The fraction of sp³-hybridized carbons (Fsp3) is 0.0714. The van der Waals surface area contributed by atoms with Gasteiger partial charge in [-0.1, -0.05) is 11.6 Å². The van der Waals surface area contributed by atoms with Gasteiger partial charge in [0.05, 0.1) is 11.6 Å². The highest BCUT2D eigenvalue weighted by atomic mass is 79.9. The van der Waals surface area contributed by atoms with Crippen LogP contribution in [0.5, 0.6) is 5.75 Å². The molecule has 1 heterocycles. The number of nitrogens with two attached hydrogens (primary N) is 1. The van der Waals surface area contributed by atoms with Gasteiger partial charge in [0.15, 0.2) is 0 Å². The van der Waals surface area contributed by atoms with Gasteiger partial charge >= 0.3 is 11.9 Å². The normalized spacial score (nSPS) is 10.5. The van der Waals surface area contributed by atoms with Gasteiger partial charge in [-0.05, 0) is 28.1 Å². The summed E-state index contributed by atoms with van der Waals surface area (Å²) in [4.78, 5) is 37.2. The van der Waals surface area contributed by atoms with Crippen LogP contribution in [-0.2, 0) is 0 Å². The van der Waals surface area contributed by atoms with Crippen LogP contribution < -0.4 is 16.0 Å². The first kappa shape index (κ1) is 17.8. The van der Waals surface area contributed by atoms with Crippen LogP contribution in [0.2, 0.25) is 5.02 Å². The van der Waals surface area contributed by atoms with Gasteiger partial charge < -0.3 is 25.7 Å². The Hall–Kier alpha value is -2.52. The molecule has 0 aliphatic rings. The molecule has 10 heteroatoms. The Morgan fingerprint density at radius 3 is 2.33 bits per heavy atom. The van der Waals surface area contributed by atoms with Gasteiger partial charge in [-0.15, -0.1) is 0 Å². The van der Waals surface area contributed by atoms with E-state index in [2.05, 4.69) is 15.9 Å². The first-order valence-electron chi connectivity index (χ1n) is 6.24. The maximum atomic E-state index is 12.0. The number of nitrogens with one attached hydrogen (secondary N) is 1. The zero-order valence-corrected chi connectivity index (χ0v) is 14.4. The Morgan fingerprint density at radius 1 is 1.25 bits per heavy atom. The van der Waals surface area contributed by atoms with Gasteiger partial charge in [-0.3, -0.25) is 4.79 Å². The molecule has 0 amide bonds. The topological polar surface area (TPSA) is 143 Å². The van der Waals surface area contributed by atoms with Crippen LogP contribution in [0.1, 0.15) is 20.7 Å². The van der Waals surface area contributed by atoms with E-state index in [4.69, 9.17) is 22.1 Å². The van der Waals surface area contributed by atoms with Gasteiger partial charge in [0.2, 0.25) is 0 Å². The minimum absolute atomic E-state index is 0.00414. The Morgan fingerprint density at radius 2 is 1.83 bits per heavy atom. The molecule has 2 aromatic rings. The number of halogens is 2. The van der Waals surface area contributed by atoms with Gasteiger partial charge in [0.25, 0.3) is 5.56 Å². The number of aromatic nitrogens is 1. The quantitative estimate of drug-likeness (QED) is 0.598. The van der Waals surface area contributed by atoms with E-state index in [-0.39, 0.29) is 16.3 Å². The maximum absolute atomic E-state index is 12.0. The highest BCUT2D eigenvalue weighted by Crippen LogP contribution is 2.42. The van der Waals surface area contributed by atoms with Crippen molar-refractivity contribution in [3.05, 3.63) is 43.1 Å². The molecule has 0 aliphatic heterocycles. The van der Waals surface area contributed by atoms with Crippen molar-refractivity contribution >= 4 is 45.3 Å². The number of benzene rings is 1. The monoisotopic (exact) mass is 416 g/mol. The summed E-state index contributed by atoms with van der Waals surface area (Å²) >= 11 is 9.17. The molecule has 1 aromatic carbocycles. The maximum Gasteiger partial charge on any atom is 0.342 e. The summed E-state index contributed by atoms with van der Waals surface area (Å²) in [6.07, 6.45) is 0. The number of ether oxygens (including phenoxy) is 1. The summed E-state index contributed by atoms with van der Waals surface area (Å²) in [5.74, 6) is -3.51. The summed E-state index contributed by atoms with van der Waals surface area (Å²) in [6, 6.07) is 2.76. The second-order valence-corrected chi connectivity index (χ2v) is 5.86. The number of anilines is 1. The van der Waals surface area contributed by atoms with E-state index in [1.54, 1.807) is 0 Å². The molecule has 0 fully saturated rings. The number of hydrogen-bond acceptors (Lipinski definition) is 5.